The number of amides is 1. The van der Waals surface area contributed by atoms with Crippen molar-refractivity contribution in [2.45, 2.75) is 44.7 Å². The summed E-state index contributed by atoms with van der Waals surface area (Å²) in [5.74, 6) is 6.56. The third kappa shape index (κ3) is 4.27. The number of benzene rings is 2. The molecule has 0 spiro atoms. The van der Waals surface area contributed by atoms with Gasteiger partial charge in [0.25, 0.3) is 0 Å². The number of fused-ring (bicyclic) bond motifs is 1. The summed E-state index contributed by atoms with van der Waals surface area (Å²) in [6, 6.07) is 14.9. The van der Waals surface area contributed by atoms with Crippen LogP contribution in [0.15, 0.2) is 54.9 Å². The largest absolute Gasteiger partial charge is 0.403 e. The van der Waals surface area contributed by atoms with E-state index >= 15 is 0 Å². The number of hydrogen-bond donors (Lipinski definition) is 3. The average Bonchev–Trinajstić information content (AvgIpc) is 3.41. The number of rotatable bonds is 6. The molecule has 0 saturated heterocycles. The van der Waals surface area contributed by atoms with Gasteiger partial charge in [0, 0.05) is 42.7 Å². The second-order valence-corrected chi connectivity index (χ2v) is 8.16. The van der Waals surface area contributed by atoms with E-state index in [4.69, 9.17) is 11.6 Å². The number of aromatic nitrogens is 2. The number of nitrogens with zero attached hydrogens (tertiary/aromatic N) is 3. The molecular formula is C24H30N6O. The highest BCUT2D eigenvalue weighted by Gasteiger charge is 2.30. The van der Waals surface area contributed by atoms with Crippen molar-refractivity contribution in [1.82, 2.24) is 20.1 Å². The molecule has 0 aliphatic heterocycles. The SMILES string of the molecule is CCC(=O)N[C@H]1CC[C@@H](N(N)/C(=C\N)c2ccc(-c3ccc4c(cnn4C)c3)cc2)C1. The Kier molecular flexibility index (Phi) is 5.95. The number of nitrogens with two attached hydrogens (primary N) is 2. The van der Waals surface area contributed by atoms with Gasteiger partial charge in [-0.3, -0.25) is 9.48 Å². The maximum atomic E-state index is 11.7. The van der Waals surface area contributed by atoms with E-state index in [1.165, 1.54) is 0 Å². The number of carbonyl (C=O) groups excluding carboxylic acids is 1. The van der Waals surface area contributed by atoms with Gasteiger partial charge in [-0.1, -0.05) is 37.3 Å². The van der Waals surface area contributed by atoms with Crippen LogP contribution < -0.4 is 16.9 Å². The van der Waals surface area contributed by atoms with Crippen LogP contribution in [0.5, 0.6) is 0 Å². The van der Waals surface area contributed by atoms with Gasteiger partial charge in [-0.25, -0.2) is 5.84 Å². The number of carbonyl (C=O) groups is 1. The Morgan fingerprint density at radius 1 is 1.23 bits per heavy atom. The molecule has 31 heavy (non-hydrogen) atoms. The van der Waals surface area contributed by atoms with Gasteiger partial charge < -0.3 is 16.1 Å². The molecule has 1 amide bonds. The Hall–Kier alpha value is -3.32. The summed E-state index contributed by atoms with van der Waals surface area (Å²) in [6.45, 7) is 1.87. The third-order valence-corrected chi connectivity index (χ3v) is 6.18. The van der Waals surface area contributed by atoms with Crippen molar-refractivity contribution in [1.29, 1.82) is 0 Å². The normalized spacial score (nSPS) is 19.0. The second-order valence-electron chi connectivity index (χ2n) is 8.16. The van der Waals surface area contributed by atoms with E-state index in [-0.39, 0.29) is 18.0 Å². The zero-order valence-corrected chi connectivity index (χ0v) is 18.1. The molecule has 1 aromatic heterocycles. The Bertz CT molecular complexity index is 1100. The van der Waals surface area contributed by atoms with Crippen molar-refractivity contribution in [2.75, 3.05) is 0 Å². The lowest BCUT2D eigenvalue weighted by atomic mass is 10.0. The van der Waals surface area contributed by atoms with Crippen LogP contribution in [0.3, 0.4) is 0 Å². The first-order chi connectivity index (χ1) is 15.0. The van der Waals surface area contributed by atoms with Crippen LogP contribution in [0.2, 0.25) is 0 Å². The minimum absolute atomic E-state index is 0.0869. The number of nitrogens with one attached hydrogen (secondary N) is 1. The predicted octanol–water partition coefficient (Wildman–Crippen LogP) is 3.12. The lowest BCUT2D eigenvalue weighted by Gasteiger charge is -2.28. The van der Waals surface area contributed by atoms with Gasteiger partial charge in [-0.2, -0.15) is 5.10 Å². The summed E-state index contributed by atoms with van der Waals surface area (Å²) in [4.78, 5) is 11.7. The van der Waals surface area contributed by atoms with Crippen molar-refractivity contribution in [3.8, 4) is 11.1 Å². The van der Waals surface area contributed by atoms with Crippen molar-refractivity contribution >= 4 is 22.5 Å². The summed E-state index contributed by atoms with van der Waals surface area (Å²) in [5.41, 5.74) is 11.1. The zero-order chi connectivity index (χ0) is 22.0. The second kappa shape index (κ2) is 8.81. The molecule has 7 heteroatoms. The first-order valence-corrected chi connectivity index (χ1v) is 10.8. The van der Waals surface area contributed by atoms with E-state index in [0.717, 1.165) is 52.6 Å². The van der Waals surface area contributed by atoms with Gasteiger partial charge in [-0.05, 0) is 42.5 Å². The molecule has 0 radical (unpaired) electrons. The maximum Gasteiger partial charge on any atom is 0.219 e. The lowest BCUT2D eigenvalue weighted by molar-refractivity contribution is -0.121. The van der Waals surface area contributed by atoms with Gasteiger partial charge >= 0.3 is 0 Å². The fourth-order valence-electron chi connectivity index (χ4n) is 4.38. The van der Waals surface area contributed by atoms with Crippen LogP contribution in [0.25, 0.3) is 27.7 Å². The van der Waals surface area contributed by atoms with Crippen LogP contribution in [-0.4, -0.2) is 32.8 Å². The highest BCUT2D eigenvalue weighted by molar-refractivity contribution is 5.84. The predicted molar refractivity (Wildman–Crippen MR) is 124 cm³/mol. The minimum atomic E-state index is 0.0869. The molecule has 162 valence electrons. The summed E-state index contributed by atoms with van der Waals surface area (Å²) in [7, 11) is 1.94. The molecule has 1 saturated carbocycles. The van der Waals surface area contributed by atoms with E-state index < -0.39 is 0 Å². The molecule has 2 aromatic carbocycles. The summed E-state index contributed by atoms with van der Waals surface area (Å²) in [5, 5.41) is 10.3. The fraction of sp³-hybridized carbons (Fsp3) is 0.333. The highest BCUT2D eigenvalue weighted by Crippen LogP contribution is 2.30. The number of aryl methyl sites for hydroxylation is 1. The molecule has 0 bridgehead atoms. The Balaban J connectivity index is 1.48. The molecule has 7 nitrogen and oxygen atoms in total. The molecule has 1 fully saturated rings. The van der Waals surface area contributed by atoms with Crippen LogP contribution in [0.1, 0.15) is 38.2 Å². The number of hydrazine groups is 1. The Morgan fingerprint density at radius 2 is 1.97 bits per heavy atom. The van der Waals surface area contributed by atoms with Crippen molar-refractivity contribution in [2.24, 2.45) is 18.6 Å². The summed E-state index contributed by atoms with van der Waals surface area (Å²) >= 11 is 0. The van der Waals surface area contributed by atoms with Crippen molar-refractivity contribution in [3.05, 3.63) is 60.4 Å². The zero-order valence-electron chi connectivity index (χ0n) is 18.1. The molecule has 3 aromatic rings. The monoisotopic (exact) mass is 418 g/mol. The third-order valence-electron chi connectivity index (χ3n) is 6.18. The van der Waals surface area contributed by atoms with Gasteiger partial charge in [-0.15, -0.1) is 0 Å². The van der Waals surface area contributed by atoms with Crippen LogP contribution in [-0.2, 0) is 11.8 Å². The van der Waals surface area contributed by atoms with Crippen LogP contribution >= 0.6 is 0 Å². The van der Waals surface area contributed by atoms with E-state index in [0.29, 0.717) is 6.42 Å². The smallest absolute Gasteiger partial charge is 0.219 e. The molecule has 1 aliphatic rings. The Labute approximate surface area is 182 Å². The highest BCUT2D eigenvalue weighted by atomic mass is 16.1. The van der Waals surface area contributed by atoms with E-state index in [1.54, 1.807) is 11.2 Å². The lowest BCUT2D eigenvalue weighted by Crippen LogP contribution is -2.40. The molecule has 1 heterocycles. The average molecular weight is 419 g/mol. The van der Waals surface area contributed by atoms with Crippen LogP contribution in [0.4, 0.5) is 0 Å². The first-order valence-electron chi connectivity index (χ1n) is 10.8. The van der Waals surface area contributed by atoms with Crippen molar-refractivity contribution in [3.63, 3.8) is 0 Å². The molecule has 0 unspecified atom stereocenters. The van der Waals surface area contributed by atoms with Gasteiger partial charge in [0.15, 0.2) is 0 Å². The van der Waals surface area contributed by atoms with E-state index in [1.807, 2.05) is 37.0 Å². The Morgan fingerprint density at radius 3 is 2.68 bits per heavy atom. The molecule has 1 aliphatic carbocycles. The first kappa shape index (κ1) is 20.9. The van der Waals surface area contributed by atoms with Gasteiger partial charge in [0.1, 0.15) is 0 Å². The molecule has 4 rings (SSSR count). The summed E-state index contributed by atoms with van der Waals surface area (Å²) < 4.78 is 1.87. The maximum absolute atomic E-state index is 11.7. The number of hydrogen-bond acceptors (Lipinski definition) is 5. The topological polar surface area (TPSA) is 102 Å². The van der Waals surface area contributed by atoms with Gasteiger partial charge in [0.2, 0.25) is 5.91 Å². The molecule has 5 N–H and O–H groups in total. The summed E-state index contributed by atoms with van der Waals surface area (Å²) in [6.07, 6.45) is 6.62. The van der Waals surface area contributed by atoms with E-state index in [2.05, 4.69) is 40.7 Å². The van der Waals surface area contributed by atoms with Crippen LogP contribution in [0, 0.1) is 0 Å². The van der Waals surface area contributed by atoms with E-state index in [9.17, 15) is 4.79 Å². The van der Waals surface area contributed by atoms with Gasteiger partial charge in [0.05, 0.1) is 17.4 Å². The quantitative estimate of drug-likeness (QED) is 0.422. The molecular weight excluding hydrogens is 388 g/mol. The minimum Gasteiger partial charge on any atom is -0.403 e. The van der Waals surface area contributed by atoms with Crippen molar-refractivity contribution < 1.29 is 4.79 Å². The fourth-order valence-corrected chi connectivity index (χ4v) is 4.38. The molecule has 2 atom stereocenters. The standard InChI is InChI=1S/C24H30N6O/c1-3-24(31)28-20-9-10-21(13-20)30(26)23(14-25)17-6-4-16(5-7-17)18-8-11-22-19(12-18)15-27-29(22)2/h4-8,11-12,14-15,20-21H,3,9-10,13,25-26H2,1-2H3,(H,28,31)/b23-14-/t20-,21+/m0/s1.